The molecule has 2 aromatic carbocycles. The number of phenolic OH excluding ortho intramolecular Hbond substituents is 1. The van der Waals surface area contributed by atoms with Crippen molar-refractivity contribution in [2.24, 2.45) is 0 Å². The Bertz CT molecular complexity index is 911. The third kappa shape index (κ3) is 3.48. The average Bonchev–Trinajstić information content (AvgIpc) is 2.64. The van der Waals surface area contributed by atoms with Crippen LogP contribution in [0.4, 0.5) is 17.3 Å². The number of hydrogen-bond acceptors (Lipinski definition) is 5. The van der Waals surface area contributed by atoms with Crippen LogP contribution in [0.25, 0.3) is 0 Å². The highest BCUT2D eigenvalue weighted by Gasteiger charge is 2.20. The lowest BCUT2D eigenvalue weighted by Crippen LogP contribution is -2.31. The van der Waals surface area contributed by atoms with Gasteiger partial charge in [-0.15, -0.1) is 0 Å². The fraction of sp³-hybridized carbons (Fsp3) is 0.190. The van der Waals surface area contributed by atoms with Gasteiger partial charge in [-0.05, 0) is 35.7 Å². The highest BCUT2D eigenvalue weighted by atomic mass is 16.3. The summed E-state index contributed by atoms with van der Waals surface area (Å²) in [5.74, 6) is 1.42. The highest BCUT2D eigenvalue weighted by Crippen LogP contribution is 2.30. The van der Waals surface area contributed by atoms with Crippen molar-refractivity contribution < 1.29 is 5.11 Å². The van der Waals surface area contributed by atoms with E-state index >= 15 is 0 Å². The first-order valence-electron chi connectivity index (χ1n) is 8.78. The summed E-state index contributed by atoms with van der Waals surface area (Å²) in [7, 11) is 0. The molecule has 0 amide bonds. The molecular formula is C21H22N4O. The van der Waals surface area contributed by atoms with Crippen LogP contribution in [-0.4, -0.2) is 21.5 Å². The van der Waals surface area contributed by atoms with Crippen LogP contribution in [0.3, 0.4) is 0 Å². The Morgan fingerprint density at radius 2 is 1.85 bits per heavy atom. The maximum Gasteiger partial charge on any atom is 0.139 e. The molecular weight excluding hydrogens is 324 g/mol. The predicted octanol–water partition coefficient (Wildman–Crippen LogP) is 3.67. The van der Waals surface area contributed by atoms with Gasteiger partial charge in [0.1, 0.15) is 17.4 Å². The van der Waals surface area contributed by atoms with Gasteiger partial charge >= 0.3 is 0 Å². The van der Waals surface area contributed by atoms with Gasteiger partial charge in [0, 0.05) is 25.2 Å². The van der Waals surface area contributed by atoms with E-state index < -0.39 is 0 Å². The van der Waals surface area contributed by atoms with Crippen LogP contribution >= 0.6 is 0 Å². The second-order valence-corrected chi connectivity index (χ2v) is 6.62. The van der Waals surface area contributed by atoms with Gasteiger partial charge < -0.3 is 16.2 Å². The molecule has 5 nitrogen and oxygen atoms in total. The van der Waals surface area contributed by atoms with Crippen molar-refractivity contribution in [3.8, 4) is 5.75 Å². The lowest BCUT2D eigenvalue weighted by Gasteiger charge is -2.29. The lowest BCUT2D eigenvalue weighted by molar-refractivity contribution is 0.245. The number of benzene rings is 2. The van der Waals surface area contributed by atoms with Crippen molar-refractivity contribution in [3.63, 3.8) is 0 Å². The first kappa shape index (κ1) is 16.4. The number of rotatable bonds is 4. The summed E-state index contributed by atoms with van der Waals surface area (Å²) in [6, 6.07) is 19.6. The van der Waals surface area contributed by atoms with E-state index in [0.717, 1.165) is 31.6 Å². The number of para-hydroxylation sites is 2. The number of aromatic hydroxyl groups is 1. The average molecular weight is 346 g/mol. The van der Waals surface area contributed by atoms with E-state index in [9.17, 15) is 5.11 Å². The van der Waals surface area contributed by atoms with Crippen LogP contribution in [-0.2, 0) is 19.5 Å². The van der Waals surface area contributed by atoms with Crippen molar-refractivity contribution in [1.82, 2.24) is 9.88 Å². The zero-order valence-corrected chi connectivity index (χ0v) is 14.5. The summed E-state index contributed by atoms with van der Waals surface area (Å²) in [5, 5.41) is 13.1. The molecule has 1 aliphatic rings. The summed E-state index contributed by atoms with van der Waals surface area (Å²) in [5.41, 5.74) is 10.5. The lowest BCUT2D eigenvalue weighted by atomic mass is 10.00. The second-order valence-electron chi connectivity index (χ2n) is 6.62. The molecule has 1 aromatic heterocycles. The molecule has 2 heterocycles. The molecule has 0 aliphatic carbocycles. The van der Waals surface area contributed by atoms with Crippen LogP contribution in [0.2, 0.25) is 0 Å². The molecule has 0 saturated carbocycles. The first-order valence-corrected chi connectivity index (χ1v) is 8.78. The number of nitrogens with one attached hydrogen (secondary N) is 1. The normalized spacial score (nSPS) is 14.0. The van der Waals surface area contributed by atoms with Crippen molar-refractivity contribution in [2.75, 3.05) is 17.6 Å². The fourth-order valence-electron chi connectivity index (χ4n) is 3.42. The summed E-state index contributed by atoms with van der Waals surface area (Å²) in [6.07, 6.45) is 0.901. The molecule has 0 atom stereocenters. The molecule has 132 valence electrons. The Labute approximate surface area is 153 Å². The molecule has 0 unspecified atom stereocenters. The van der Waals surface area contributed by atoms with Crippen molar-refractivity contribution >= 4 is 17.3 Å². The molecule has 0 bridgehead atoms. The minimum atomic E-state index is 0.191. The maximum atomic E-state index is 9.96. The van der Waals surface area contributed by atoms with E-state index in [1.807, 2.05) is 24.3 Å². The van der Waals surface area contributed by atoms with E-state index in [1.165, 1.54) is 11.1 Å². The van der Waals surface area contributed by atoms with Crippen molar-refractivity contribution in [2.45, 2.75) is 19.5 Å². The molecule has 0 spiro atoms. The molecule has 26 heavy (non-hydrogen) atoms. The number of fused-ring (bicyclic) bond motifs is 1. The highest BCUT2D eigenvalue weighted by molar-refractivity contribution is 5.66. The Kier molecular flexibility index (Phi) is 4.46. The molecule has 0 saturated heterocycles. The van der Waals surface area contributed by atoms with Gasteiger partial charge in [0.05, 0.1) is 5.69 Å². The third-order valence-corrected chi connectivity index (χ3v) is 4.74. The number of pyridine rings is 1. The van der Waals surface area contributed by atoms with E-state index in [0.29, 0.717) is 17.3 Å². The van der Waals surface area contributed by atoms with Gasteiger partial charge in [-0.3, -0.25) is 4.90 Å². The van der Waals surface area contributed by atoms with Gasteiger partial charge in [0.15, 0.2) is 0 Å². The number of nitrogens with two attached hydrogens (primary N) is 1. The predicted molar refractivity (Wildman–Crippen MR) is 104 cm³/mol. The van der Waals surface area contributed by atoms with E-state index in [4.69, 9.17) is 5.73 Å². The summed E-state index contributed by atoms with van der Waals surface area (Å²) < 4.78 is 0. The zero-order valence-electron chi connectivity index (χ0n) is 14.5. The number of nitrogens with zero attached hydrogens (tertiary/aromatic N) is 2. The number of hydrogen-bond donors (Lipinski definition) is 3. The smallest absolute Gasteiger partial charge is 0.139 e. The molecule has 5 heteroatoms. The number of aromatic nitrogens is 1. The maximum absolute atomic E-state index is 9.96. The summed E-state index contributed by atoms with van der Waals surface area (Å²) in [6.45, 7) is 2.73. The van der Waals surface area contributed by atoms with Crippen LogP contribution in [0.15, 0.2) is 60.7 Å². The fourth-order valence-corrected chi connectivity index (χ4v) is 3.42. The van der Waals surface area contributed by atoms with Gasteiger partial charge in [-0.1, -0.05) is 42.5 Å². The topological polar surface area (TPSA) is 74.4 Å². The largest absolute Gasteiger partial charge is 0.506 e. The van der Waals surface area contributed by atoms with Gasteiger partial charge in [-0.25, -0.2) is 4.98 Å². The molecule has 1 aliphatic heterocycles. The Hall–Kier alpha value is -3.05. The van der Waals surface area contributed by atoms with Crippen molar-refractivity contribution in [1.29, 1.82) is 0 Å². The third-order valence-electron chi connectivity index (χ3n) is 4.74. The second kappa shape index (κ2) is 7.06. The number of phenols is 1. The van der Waals surface area contributed by atoms with Crippen LogP contribution in [0.1, 0.15) is 16.7 Å². The van der Waals surface area contributed by atoms with E-state index in [2.05, 4.69) is 39.5 Å². The molecule has 4 rings (SSSR count). The zero-order chi connectivity index (χ0) is 17.9. The van der Waals surface area contributed by atoms with Gasteiger partial charge in [0.25, 0.3) is 0 Å². The summed E-state index contributed by atoms with van der Waals surface area (Å²) >= 11 is 0. The monoisotopic (exact) mass is 346 g/mol. The molecule has 4 N–H and O–H groups in total. The molecule has 0 radical (unpaired) electrons. The minimum Gasteiger partial charge on any atom is -0.506 e. The van der Waals surface area contributed by atoms with Gasteiger partial charge in [0.2, 0.25) is 0 Å². The Morgan fingerprint density at radius 3 is 2.65 bits per heavy atom. The number of nitrogen functional groups attached to an aromatic ring is 1. The van der Waals surface area contributed by atoms with Crippen molar-refractivity contribution in [3.05, 3.63) is 77.4 Å². The van der Waals surface area contributed by atoms with Gasteiger partial charge in [-0.2, -0.15) is 0 Å². The standard InChI is InChI=1S/C21H22N4O/c22-21-17-10-11-25(13-15-6-2-1-3-7-15)14-16(17)12-20(24-21)23-18-8-4-5-9-19(18)26/h1-9,12,26H,10-11,13-14H2,(H3,22,23,24). The molecule has 3 aromatic rings. The Balaban J connectivity index is 1.55. The Morgan fingerprint density at radius 1 is 1.08 bits per heavy atom. The van der Waals surface area contributed by atoms with E-state index in [-0.39, 0.29) is 5.75 Å². The van der Waals surface area contributed by atoms with E-state index in [1.54, 1.807) is 12.1 Å². The summed E-state index contributed by atoms with van der Waals surface area (Å²) in [4.78, 5) is 6.89. The quantitative estimate of drug-likeness (QED) is 0.629. The van der Waals surface area contributed by atoms with Crippen LogP contribution in [0.5, 0.6) is 5.75 Å². The number of anilines is 3. The first-order chi connectivity index (χ1) is 12.7. The van der Waals surface area contributed by atoms with Crippen LogP contribution < -0.4 is 11.1 Å². The SMILES string of the molecule is Nc1nc(Nc2ccccc2O)cc2c1CCN(Cc1ccccc1)C2. The van der Waals surface area contributed by atoms with Crippen LogP contribution in [0, 0.1) is 0 Å². The minimum absolute atomic E-state index is 0.191. The molecule has 0 fully saturated rings.